The normalized spacial score (nSPS) is 10.5. The minimum Gasteiger partial charge on any atom is -0.465 e. The molecule has 0 aliphatic carbocycles. The molecule has 7 heteroatoms. The molecule has 0 radical (unpaired) electrons. The standard InChI is InChI=1S/C14H18N2O4S/c1-14(2,3)20-13(18)16-15-11(21)9-6-5-7-10(8-9)12(17)19-4/h5-8H,1-4H3,(H,15,21)(H,16,18). The summed E-state index contributed by atoms with van der Waals surface area (Å²) in [7, 11) is 1.30. The lowest BCUT2D eigenvalue weighted by molar-refractivity contribution is 0.0512. The van der Waals surface area contributed by atoms with E-state index in [9.17, 15) is 9.59 Å². The summed E-state index contributed by atoms with van der Waals surface area (Å²) >= 11 is 5.13. The van der Waals surface area contributed by atoms with Crippen molar-refractivity contribution in [1.82, 2.24) is 10.9 Å². The van der Waals surface area contributed by atoms with Crippen molar-refractivity contribution in [2.45, 2.75) is 26.4 Å². The minimum atomic E-state index is -0.644. The summed E-state index contributed by atoms with van der Waals surface area (Å²) in [6.07, 6.45) is -0.644. The molecule has 114 valence electrons. The average molecular weight is 310 g/mol. The fourth-order valence-corrected chi connectivity index (χ4v) is 1.57. The third kappa shape index (κ3) is 5.78. The number of thiocarbonyl (C=S) groups is 1. The molecular weight excluding hydrogens is 292 g/mol. The first kappa shape index (κ1) is 16.9. The molecule has 0 atom stereocenters. The highest BCUT2D eigenvalue weighted by Gasteiger charge is 2.16. The Morgan fingerprint density at radius 1 is 1.14 bits per heavy atom. The van der Waals surface area contributed by atoms with Crippen LogP contribution < -0.4 is 10.9 Å². The lowest BCUT2D eigenvalue weighted by Crippen LogP contribution is -2.43. The Bertz CT molecular complexity index is 552. The molecule has 1 amide bonds. The van der Waals surface area contributed by atoms with Crippen LogP contribution in [0.4, 0.5) is 4.79 Å². The Morgan fingerprint density at radius 3 is 2.33 bits per heavy atom. The lowest BCUT2D eigenvalue weighted by atomic mass is 10.1. The maximum atomic E-state index is 11.5. The molecule has 1 aromatic carbocycles. The smallest absolute Gasteiger partial charge is 0.426 e. The van der Waals surface area contributed by atoms with Crippen molar-refractivity contribution in [2.75, 3.05) is 7.11 Å². The number of hydrogen-bond donors (Lipinski definition) is 2. The number of hydrazine groups is 1. The summed E-state index contributed by atoms with van der Waals surface area (Å²) < 4.78 is 9.69. The molecule has 0 saturated heterocycles. The van der Waals surface area contributed by atoms with Gasteiger partial charge in [-0.1, -0.05) is 24.4 Å². The largest absolute Gasteiger partial charge is 0.465 e. The number of amides is 1. The Balaban J connectivity index is 2.64. The zero-order valence-corrected chi connectivity index (χ0v) is 13.2. The van der Waals surface area contributed by atoms with E-state index in [4.69, 9.17) is 17.0 Å². The Labute approximate surface area is 128 Å². The van der Waals surface area contributed by atoms with Crippen LogP contribution in [0, 0.1) is 0 Å². The van der Waals surface area contributed by atoms with E-state index in [2.05, 4.69) is 15.6 Å². The van der Waals surface area contributed by atoms with Gasteiger partial charge >= 0.3 is 12.1 Å². The van der Waals surface area contributed by atoms with Gasteiger partial charge in [-0.3, -0.25) is 5.43 Å². The number of methoxy groups -OCH3 is 1. The SMILES string of the molecule is COC(=O)c1cccc(C(=S)NNC(=O)OC(C)(C)C)c1. The Hall–Kier alpha value is -2.15. The molecule has 0 aliphatic heterocycles. The number of nitrogens with one attached hydrogen (secondary N) is 2. The second kappa shape index (κ2) is 7.03. The number of ether oxygens (including phenoxy) is 2. The fourth-order valence-electron chi connectivity index (χ4n) is 1.39. The second-order valence-corrected chi connectivity index (χ2v) is 5.56. The van der Waals surface area contributed by atoms with Gasteiger partial charge in [-0.2, -0.15) is 0 Å². The van der Waals surface area contributed by atoms with Gasteiger partial charge in [0, 0.05) is 5.56 Å². The molecule has 0 saturated carbocycles. The summed E-state index contributed by atoms with van der Waals surface area (Å²) in [4.78, 5) is 23.2. The number of benzene rings is 1. The molecule has 0 spiro atoms. The third-order valence-electron chi connectivity index (χ3n) is 2.22. The van der Waals surface area contributed by atoms with Crippen LogP contribution in [-0.2, 0) is 9.47 Å². The van der Waals surface area contributed by atoms with Crippen molar-refractivity contribution in [3.63, 3.8) is 0 Å². The topological polar surface area (TPSA) is 76.7 Å². The van der Waals surface area contributed by atoms with E-state index in [0.29, 0.717) is 11.1 Å². The highest BCUT2D eigenvalue weighted by atomic mass is 32.1. The Kier molecular flexibility index (Phi) is 5.66. The quantitative estimate of drug-likeness (QED) is 0.495. The molecule has 0 fully saturated rings. The predicted octanol–water partition coefficient (Wildman–Crippen LogP) is 2.18. The van der Waals surface area contributed by atoms with E-state index in [-0.39, 0.29) is 4.99 Å². The molecule has 1 rings (SSSR count). The number of rotatable bonds is 2. The van der Waals surface area contributed by atoms with Crippen LogP contribution in [0.3, 0.4) is 0 Å². The lowest BCUT2D eigenvalue weighted by Gasteiger charge is -2.20. The van der Waals surface area contributed by atoms with Crippen LogP contribution in [0.1, 0.15) is 36.7 Å². The van der Waals surface area contributed by atoms with Gasteiger partial charge in [0.15, 0.2) is 0 Å². The van der Waals surface area contributed by atoms with Gasteiger partial charge < -0.3 is 9.47 Å². The monoisotopic (exact) mass is 310 g/mol. The zero-order chi connectivity index (χ0) is 16.0. The maximum Gasteiger partial charge on any atom is 0.426 e. The first-order valence-corrected chi connectivity index (χ1v) is 6.61. The van der Waals surface area contributed by atoms with Crippen molar-refractivity contribution in [2.24, 2.45) is 0 Å². The fraction of sp³-hybridized carbons (Fsp3) is 0.357. The number of carbonyl (C=O) groups is 2. The second-order valence-electron chi connectivity index (χ2n) is 5.15. The summed E-state index contributed by atoms with van der Waals surface area (Å²) in [6.45, 7) is 5.26. The summed E-state index contributed by atoms with van der Waals surface area (Å²) in [5.74, 6) is -0.459. The van der Waals surface area contributed by atoms with Crippen LogP contribution in [0.2, 0.25) is 0 Å². The van der Waals surface area contributed by atoms with Gasteiger partial charge in [0.2, 0.25) is 0 Å². The van der Waals surface area contributed by atoms with Gasteiger partial charge in [0.25, 0.3) is 0 Å². The highest BCUT2D eigenvalue weighted by molar-refractivity contribution is 7.80. The molecule has 0 heterocycles. The van der Waals surface area contributed by atoms with Gasteiger partial charge in [-0.15, -0.1) is 0 Å². The average Bonchev–Trinajstić information content (AvgIpc) is 2.42. The van der Waals surface area contributed by atoms with Crippen LogP contribution >= 0.6 is 12.2 Å². The summed E-state index contributed by atoms with van der Waals surface area (Å²) in [5, 5.41) is 0. The number of hydrogen-bond acceptors (Lipinski definition) is 5. The van der Waals surface area contributed by atoms with Gasteiger partial charge in [0.1, 0.15) is 10.6 Å². The predicted molar refractivity (Wildman–Crippen MR) is 82.0 cm³/mol. The first-order chi connectivity index (χ1) is 9.73. The van der Waals surface area contributed by atoms with Crippen molar-refractivity contribution < 1.29 is 19.1 Å². The molecule has 6 nitrogen and oxygen atoms in total. The maximum absolute atomic E-state index is 11.5. The third-order valence-corrected chi connectivity index (χ3v) is 2.56. The number of carbonyl (C=O) groups excluding carboxylic acids is 2. The van der Waals surface area contributed by atoms with Crippen LogP contribution in [0.25, 0.3) is 0 Å². The molecule has 0 aromatic heterocycles. The number of esters is 1. The van der Waals surface area contributed by atoms with Gasteiger partial charge in [0.05, 0.1) is 12.7 Å². The van der Waals surface area contributed by atoms with Crippen LogP contribution in [0.15, 0.2) is 24.3 Å². The molecule has 2 N–H and O–H groups in total. The van der Waals surface area contributed by atoms with E-state index in [0.717, 1.165) is 0 Å². The van der Waals surface area contributed by atoms with E-state index >= 15 is 0 Å². The minimum absolute atomic E-state index is 0.256. The van der Waals surface area contributed by atoms with Crippen molar-refractivity contribution in [1.29, 1.82) is 0 Å². The van der Waals surface area contributed by atoms with E-state index in [1.54, 1.807) is 45.0 Å². The zero-order valence-electron chi connectivity index (χ0n) is 12.4. The molecular formula is C14H18N2O4S. The molecule has 0 unspecified atom stereocenters. The van der Waals surface area contributed by atoms with Gasteiger partial charge in [-0.05, 0) is 32.9 Å². The first-order valence-electron chi connectivity index (χ1n) is 6.20. The molecule has 1 aromatic rings. The molecule has 0 bridgehead atoms. The molecule has 0 aliphatic rings. The summed E-state index contributed by atoms with van der Waals surface area (Å²) in [6, 6.07) is 6.55. The van der Waals surface area contributed by atoms with E-state index in [1.807, 2.05) is 0 Å². The van der Waals surface area contributed by atoms with Crippen molar-refractivity contribution >= 4 is 29.3 Å². The molecule has 21 heavy (non-hydrogen) atoms. The van der Waals surface area contributed by atoms with Crippen molar-refractivity contribution in [3.05, 3.63) is 35.4 Å². The highest BCUT2D eigenvalue weighted by Crippen LogP contribution is 2.08. The van der Waals surface area contributed by atoms with E-state index in [1.165, 1.54) is 7.11 Å². The Morgan fingerprint density at radius 2 is 1.76 bits per heavy atom. The summed E-state index contributed by atoms with van der Waals surface area (Å²) in [5.41, 5.74) is 5.24. The van der Waals surface area contributed by atoms with Crippen molar-refractivity contribution in [3.8, 4) is 0 Å². The van der Waals surface area contributed by atoms with Crippen LogP contribution in [-0.4, -0.2) is 29.8 Å². The van der Waals surface area contributed by atoms with E-state index < -0.39 is 17.7 Å². The van der Waals surface area contributed by atoms with Crippen LogP contribution in [0.5, 0.6) is 0 Å². The van der Waals surface area contributed by atoms with Gasteiger partial charge in [-0.25, -0.2) is 15.0 Å².